The quantitative estimate of drug-likeness (QED) is 0.475. The monoisotopic (exact) mass is 213 g/mol. The molecular formula is C8H5BrFN. The lowest BCUT2D eigenvalue weighted by Crippen LogP contribution is -1.86. The highest BCUT2D eigenvalue weighted by Crippen LogP contribution is 1.99. The Morgan fingerprint density at radius 3 is 3.09 bits per heavy atom. The standard InChI is InChI=1S/C8H5BrFN/c9-5-1-4-8-7(10)3-2-6-11-8/h2-3,6H,5H2. The number of hydrogen-bond acceptors (Lipinski definition) is 1. The van der Waals surface area contributed by atoms with E-state index in [9.17, 15) is 4.39 Å². The van der Waals surface area contributed by atoms with E-state index >= 15 is 0 Å². The minimum atomic E-state index is -0.374. The van der Waals surface area contributed by atoms with E-state index in [0.717, 1.165) is 0 Å². The van der Waals surface area contributed by atoms with Crippen LogP contribution in [0.25, 0.3) is 0 Å². The van der Waals surface area contributed by atoms with Gasteiger partial charge in [-0.25, -0.2) is 9.37 Å². The molecule has 0 saturated carbocycles. The number of alkyl halides is 1. The van der Waals surface area contributed by atoms with Gasteiger partial charge in [-0.3, -0.25) is 0 Å². The van der Waals surface area contributed by atoms with E-state index in [4.69, 9.17) is 0 Å². The molecule has 1 nitrogen and oxygen atoms in total. The maximum Gasteiger partial charge on any atom is 0.157 e. The van der Waals surface area contributed by atoms with Crippen LogP contribution in [0.4, 0.5) is 4.39 Å². The van der Waals surface area contributed by atoms with Crippen LogP contribution in [0.15, 0.2) is 18.3 Å². The average Bonchev–Trinajstić information content (AvgIpc) is 2.03. The van der Waals surface area contributed by atoms with Gasteiger partial charge in [0.2, 0.25) is 0 Å². The molecule has 56 valence electrons. The SMILES string of the molecule is Fc1cccnc1C#CCBr. The molecule has 0 aliphatic rings. The summed E-state index contributed by atoms with van der Waals surface area (Å²) in [5.74, 6) is 4.88. The second-order valence-corrected chi connectivity index (χ2v) is 2.33. The highest BCUT2D eigenvalue weighted by molar-refractivity contribution is 9.09. The van der Waals surface area contributed by atoms with Gasteiger partial charge in [0, 0.05) is 6.20 Å². The molecule has 0 aliphatic carbocycles. The largest absolute Gasteiger partial charge is 0.245 e. The van der Waals surface area contributed by atoms with Crippen molar-refractivity contribution in [3.8, 4) is 11.8 Å². The zero-order chi connectivity index (χ0) is 8.10. The molecule has 3 heteroatoms. The Morgan fingerprint density at radius 1 is 1.64 bits per heavy atom. The lowest BCUT2D eigenvalue weighted by molar-refractivity contribution is 0.617. The lowest BCUT2D eigenvalue weighted by Gasteiger charge is -1.88. The van der Waals surface area contributed by atoms with E-state index in [2.05, 4.69) is 32.8 Å². The number of pyridine rings is 1. The van der Waals surface area contributed by atoms with Gasteiger partial charge in [-0.15, -0.1) is 0 Å². The predicted molar refractivity (Wildman–Crippen MR) is 44.9 cm³/mol. The minimum Gasteiger partial charge on any atom is -0.245 e. The number of nitrogens with zero attached hydrogens (tertiary/aromatic N) is 1. The van der Waals surface area contributed by atoms with Crippen molar-refractivity contribution in [2.45, 2.75) is 0 Å². The molecule has 0 radical (unpaired) electrons. The molecule has 1 rings (SSSR count). The zero-order valence-electron chi connectivity index (χ0n) is 5.64. The van der Waals surface area contributed by atoms with Crippen LogP contribution in [-0.2, 0) is 0 Å². The Kier molecular flexibility index (Phi) is 3.06. The summed E-state index contributed by atoms with van der Waals surface area (Å²) in [6, 6.07) is 2.87. The molecule has 0 saturated heterocycles. The molecule has 0 amide bonds. The van der Waals surface area contributed by atoms with Gasteiger partial charge in [-0.05, 0) is 18.1 Å². The molecular weight excluding hydrogens is 209 g/mol. The summed E-state index contributed by atoms with van der Waals surface area (Å²) in [6.07, 6.45) is 1.52. The van der Waals surface area contributed by atoms with E-state index in [1.54, 1.807) is 0 Å². The van der Waals surface area contributed by atoms with Crippen LogP contribution in [0.2, 0.25) is 0 Å². The summed E-state index contributed by atoms with van der Waals surface area (Å²) >= 11 is 3.11. The van der Waals surface area contributed by atoms with Crippen molar-refractivity contribution >= 4 is 15.9 Å². The van der Waals surface area contributed by atoms with Gasteiger partial charge in [0.05, 0.1) is 5.33 Å². The normalized spacial score (nSPS) is 8.55. The molecule has 1 aromatic rings. The van der Waals surface area contributed by atoms with Crippen LogP contribution in [0.1, 0.15) is 5.69 Å². The second-order valence-electron chi connectivity index (χ2n) is 1.77. The molecule has 0 spiro atoms. The summed E-state index contributed by atoms with van der Waals surface area (Å²) in [5, 5.41) is 0.531. The third-order valence-corrected chi connectivity index (χ3v) is 1.31. The zero-order valence-corrected chi connectivity index (χ0v) is 7.23. The smallest absolute Gasteiger partial charge is 0.157 e. The van der Waals surface area contributed by atoms with Crippen LogP contribution in [0.3, 0.4) is 0 Å². The molecule has 0 aromatic carbocycles. The van der Waals surface area contributed by atoms with Crippen LogP contribution in [-0.4, -0.2) is 10.3 Å². The van der Waals surface area contributed by atoms with Gasteiger partial charge in [-0.2, -0.15) is 0 Å². The molecule has 11 heavy (non-hydrogen) atoms. The van der Waals surface area contributed by atoms with Crippen molar-refractivity contribution in [2.24, 2.45) is 0 Å². The summed E-state index contributed by atoms with van der Waals surface area (Å²) in [4.78, 5) is 3.75. The number of hydrogen-bond donors (Lipinski definition) is 0. The maximum absolute atomic E-state index is 12.7. The van der Waals surface area contributed by atoms with Crippen molar-refractivity contribution in [1.82, 2.24) is 4.98 Å². The molecule has 1 heterocycles. The van der Waals surface area contributed by atoms with Crippen LogP contribution < -0.4 is 0 Å². The van der Waals surface area contributed by atoms with Crippen molar-refractivity contribution in [1.29, 1.82) is 0 Å². The Morgan fingerprint density at radius 2 is 2.45 bits per heavy atom. The van der Waals surface area contributed by atoms with E-state index in [1.807, 2.05) is 0 Å². The molecule has 0 aliphatic heterocycles. The van der Waals surface area contributed by atoms with Crippen LogP contribution in [0.5, 0.6) is 0 Å². The number of rotatable bonds is 0. The predicted octanol–water partition coefficient (Wildman–Crippen LogP) is 1.97. The average molecular weight is 214 g/mol. The fraction of sp³-hybridized carbons (Fsp3) is 0.125. The lowest BCUT2D eigenvalue weighted by atomic mass is 10.3. The highest BCUT2D eigenvalue weighted by Gasteiger charge is 1.95. The van der Waals surface area contributed by atoms with E-state index in [1.165, 1.54) is 18.3 Å². The Bertz CT molecular complexity index is 300. The summed E-state index contributed by atoms with van der Waals surface area (Å²) < 4.78 is 12.7. The summed E-state index contributed by atoms with van der Waals surface area (Å²) in [7, 11) is 0. The van der Waals surface area contributed by atoms with Gasteiger partial charge in [-0.1, -0.05) is 21.9 Å². The molecule has 0 N–H and O–H groups in total. The first kappa shape index (κ1) is 8.22. The summed E-state index contributed by atoms with van der Waals surface area (Å²) in [6.45, 7) is 0. The van der Waals surface area contributed by atoms with Crippen molar-refractivity contribution in [2.75, 3.05) is 5.33 Å². The topological polar surface area (TPSA) is 12.9 Å². The third kappa shape index (κ3) is 2.32. The fourth-order valence-electron chi connectivity index (χ4n) is 0.595. The van der Waals surface area contributed by atoms with E-state index in [0.29, 0.717) is 5.33 Å². The van der Waals surface area contributed by atoms with Crippen LogP contribution >= 0.6 is 15.9 Å². The number of aromatic nitrogens is 1. The van der Waals surface area contributed by atoms with Gasteiger partial charge < -0.3 is 0 Å². The van der Waals surface area contributed by atoms with Gasteiger partial charge >= 0.3 is 0 Å². The minimum absolute atomic E-state index is 0.201. The van der Waals surface area contributed by atoms with E-state index in [-0.39, 0.29) is 11.5 Å². The first-order valence-electron chi connectivity index (χ1n) is 3.00. The summed E-state index contributed by atoms with van der Waals surface area (Å²) in [5.41, 5.74) is 0.201. The first-order valence-corrected chi connectivity index (χ1v) is 4.12. The molecule has 0 bridgehead atoms. The maximum atomic E-state index is 12.7. The number of halogens is 2. The van der Waals surface area contributed by atoms with E-state index < -0.39 is 0 Å². The Labute approximate surface area is 72.8 Å². The van der Waals surface area contributed by atoms with Crippen LogP contribution in [0, 0.1) is 17.7 Å². The molecule has 0 fully saturated rings. The van der Waals surface area contributed by atoms with Gasteiger partial charge in [0.15, 0.2) is 5.82 Å². The van der Waals surface area contributed by atoms with Crippen molar-refractivity contribution in [3.63, 3.8) is 0 Å². The van der Waals surface area contributed by atoms with Crippen molar-refractivity contribution in [3.05, 3.63) is 29.8 Å². The molecule has 0 unspecified atom stereocenters. The Balaban J connectivity index is 2.95. The molecule has 1 aromatic heterocycles. The highest BCUT2D eigenvalue weighted by atomic mass is 79.9. The fourth-order valence-corrected chi connectivity index (χ4v) is 0.735. The van der Waals surface area contributed by atoms with Gasteiger partial charge in [0.1, 0.15) is 5.69 Å². The first-order chi connectivity index (χ1) is 5.34. The molecule has 0 atom stereocenters. The Hall–Kier alpha value is -0.880. The van der Waals surface area contributed by atoms with Gasteiger partial charge in [0.25, 0.3) is 0 Å². The second kappa shape index (κ2) is 4.09. The third-order valence-electron chi connectivity index (χ3n) is 1.03. The van der Waals surface area contributed by atoms with Crippen molar-refractivity contribution < 1.29 is 4.39 Å².